The molecule has 1 heterocycles. The van der Waals surface area contributed by atoms with E-state index >= 15 is 0 Å². The van der Waals surface area contributed by atoms with E-state index < -0.39 is 10.1 Å². The van der Waals surface area contributed by atoms with Crippen LogP contribution in [-0.2, 0) is 16.5 Å². The predicted octanol–water partition coefficient (Wildman–Crippen LogP) is 2.24. The zero-order valence-electron chi connectivity index (χ0n) is 11.5. The summed E-state index contributed by atoms with van der Waals surface area (Å²) in [6.45, 7) is 3.15. The molecule has 0 saturated carbocycles. The van der Waals surface area contributed by atoms with Crippen molar-refractivity contribution < 1.29 is 13.0 Å². The lowest BCUT2D eigenvalue weighted by atomic mass is 10.1. The van der Waals surface area contributed by atoms with Crippen LogP contribution in [0.5, 0.6) is 0 Å². The SMILES string of the molecule is CC1Cc2ccccc2[N+]1(C)CCCCS(=O)(=O)O. The zero-order chi connectivity index (χ0) is 14.1. The van der Waals surface area contributed by atoms with Crippen LogP contribution in [0.15, 0.2) is 24.3 Å². The molecule has 1 aromatic rings. The number of likely N-dealkylation sites (N-methyl/N-ethyl adjacent to an activating group) is 1. The topological polar surface area (TPSA) is 54.4 Å². The van der Waals surface area contributed by atoms with Crippen LogP contribution in [0, 0.1) is 0 Å². The van der Waals surface area contributed by atoms with Crippen LogP contribution >= 0.6 is 0 Å². The maximum atomic E-state index is 10.7. The van der Waals surface area contributed by atoms with E-state index in [1.54, 1.807) is 0 Å². The largest absolute Gasteiger partial charge is 0.291 e. The van der Waals surface area contributed by atoms with Gasteiger partial charge in [0.2, 0.25) is 0 Å². The molecule has 106 valence electrons. The van der Waals surface area contributed by atoms with Gasteiger partial charge in [-0.25, -0.2) is 0 Å². The summed E-state index contributed by atoms with van der Waals surface area (Å²) in [5.74, 6) is -0.136. The second-order valence-corrected chi connectivity index (χ2v) is 7.24. The number of hydrogen-bond donors (Lipinski definition) is 1. The number of rotatable bonds is 5. The van der Waals surface area contributed by atoms with Crippen molar-refractivity contribution in [3.63, 3.8) is 0 Å². The molecule has 0 amide bonds. The van der Waals surface area contributed by atoms with Crippen LogP contribution in [0.3, 0.4) is 0 Å². The van der Waals surface area contributed by atoms with Crippen molar-refractivity contribution in [3.8, 4) is 0 Å². The Morgan fingerprint density at radius 2 is 2.00 bits per heavy atom. The van der Waals surface area contributed by atoms with Crippen LogP contribution in [0.2, 0.25) is 0 Å². The first-order valence-electron chi connectivity index (χ1n) is 6.72. The molecule has 2 rings (SSSR count). The van der Waals surface area contributed by atoms with Crippen molar-refractivity contribution in [1.29, 1.82) is 0 Å². The van der Waals surface area contributed by atoms with Gasteiger partial charge in [-0.15, -0.1) is 0 Å². The van der Waals surface area contributed by atoms with Crippen LogP contribution in [0.25, 0.3) is 0 Å². The molecule has 0 aromatic heterocycles. The first kappa shape index (κ1) is 14.5. The van der Waals surface area contributed by atoms with Gasteiger partial charge in [0.15, 0.2) is 0 Å². The molecule has 1 aliphatic heterocycles. The van der Waals surface area contributed by atoms with E-state index in [9.17, 15) is 8.42 Å². The van der Waals surface area contributed by atoms with Crippen LogP contribution in [0.1, 0.15) is 25.3 Å². The maximum Gasteiger partial charge on any atom is 0.264 e. The van der Waals surface area contributed by atoms with Crippen molar-refractivity contribution >= 4 is 15.8 Å². The Balaban J connectivity index is 2.03. The molecule has 2 unspecified atom stereocenters. The van der Waals surface area contributed by atoms with E-state index in [1.165, 1.54) is 11.3 Å². The Morgan fingerprint density at radius 1 is 1.32 bits per heavy atom. The standard InChI is InChI=1S/C14H21NO3S/c1-12-11-13-7-3-4-8-14(13)15(12,2)9-5-6-10-19(16,17)18/h3-4,7-8,12H,5-6,9-11H2,1-2H3/p+1. The lowest BCUT2D eigenvalue weighted by molar-refractivity contribution is 0.275. The van der Waals surface area contributed by atoms with Gasteiger partial charge in [-0.1, -0.05) is 18.2 Å². The number of nitrogens with zero attached hydrogens (tertiary/aromatic N) is 1. The number of quaternary nitrogens is 1. The fourth-order valence-electron chi connectivity index (χ4n) is 3.00. The van der Waals surface area contributed by atoms with Gasteiger partial charge in [-0.2, -0.15) is 8.42 Å². The second-order valence-electron chi connectivity index (χ2n) is 5.67. The van der Waals surface area contributed by atoms with E-state index in [0.717, 1.165) is 23.9 Å². The number of benzene rings is 1. The molecule has 1 aliphatic rings. The third-order valence-corrected chi connectivity index (χ3v) is 5.11. The average Bonchev–Trinajstić information content (AvgIpc) is 2.57. The molecule has 1 N–H and O–H groups in total. The van der Waals surface area contributed by atoms with Crippen molar-refractivity contribution in [3.05, 3.63) is 29.8 Å². The Morgan fingerprint density at radius 3 is 2.68 bits per heavy atom. The number of fused-ring (bicyclic) bond motifs is 1. The molecule has 2 atom stereocenters. The van der Waals surface area contributed by atoms with E-state index in [-0.39, 0.29) is 5.75 Å². The maximum absolute atomic E-state index is 10.7. The summed E-state index contributed by atoms with van der Waals surface area (Å²) in [5.41, 5.74) is 2.74. The van der Waals surface area contributed by atoms with Crippen molar-refractivity contribution in [2.75, 3.05) is 19.3 Å². The number of para-hydroxylation sites is 1. The van der Waals surface area contributed by atoms with Gasteiger partial charge < -0.3 is 0 Å². The zero-order valence-corrected chi connectivity index (χ0v) is 12.4. The predicted molar refractivity (Wildman–Crippen MR) is 77.8 cm³/mol. The van der Waals surface area contributed by atoms with Gasteiger partial charge in [0.25, 0.3) is 10.1 Å². The molecular weight excluding hydrogens is 262 g/mol. The summed E-state index contributed by atoms with van der Waals surface area (Å²) in [7, 11) is -1.61. The van der Waals surface area contributed by atoms with E-state index in [1.807, 2.05) is 0 Å². The highest BCUT2D eigenvalue weighted by molar-refractivity contribution is 7.85. The Hall–Kier alpha value is -0.910. The molecule has 4 nitrogen and oxygen atoms in total. The first-order chi connectivity index (χ1) is 8.83. The normalized spacial score (nSPS) is 26.4. The van der Waals surface area contributed by atoms with Gasteiger partial charge in [0.05, 0.1) is 25.4 Å². The number of hydrogen-bond acceptors (Lipinski definition) is 2. The molecule has 0 saturated heterocycles. The number of unbranched alkanes of at least 4 members (excludes halogenated alkanes) is 1. The summed E-state index contributed by atoms with van der Waals surface area (Å²) in [5, 5.41) is 0. The minimum atomic E-state index is -3.82. The van der Waals surface area contributed by atoms with Crippen LogP contribution < -0.4 is 4.48 Å². The monoisotopic (exact) mass is 284 g/mol. The van der Waals surface area contributed by atoms with Gasteiger partial charge in [-0.3, -0.25) is 9.04 Å². The minimum absolute atomic E-state index is 0.136. The molecule has 0 radical (unpaired) electrons. The van der Waals surface area contributed by atoms with Gasteiger partial charge >= 0.3 is 0 Å². The highest BCUT2D eigenvalue weighted by Crippen LogP contribution is 2.37. The van der Waals surface area contributed by atoms with Crippen molar-refractivity contribution in [1.82, 2.24) is 4.48 Å². The molecule has 0 aliphatic carbocycles. The smallest absolute Gasteiger partial charge is 0.264 e. The molecular formula is C14H22NO3S+. The quantitative estimate of drug-likeness (QED) is 0.512. The fraction of sp³-hybridized carbons (Fsp3) is 0.571. The molecule has 19 heavy (non-hydrogen) atoms. The Labute approximate surface area is 115 Å². The Bertz CT molecular complexity index is 556. The molecule has 5 heteroatoms. The van der Waals surface area contributed by atoms with E-state index in [4.69, 9.17) is 4.55 Å². The minimum Gasteiger partial charge on any atom is -0.291 e. The van der Waals surface area contributed by atoms with Gasteiger partial charge in [-0.05, 0) is 25.8 Å². The molecule has 0 fully saturated rings. The third-order valence-electron chi connectivity index (χ3n) is 4.31. The van der Waals surface area contributed by atoms with Crippen molar-refractivity contribution in [2.45, 2.75) is 32.2 Å². The van der Waals surface area contributed by atoms with Crippen LogP contribution in [-0.4, -0.2) is 38.4 Å². The lowest BCUT2D eigenvalue weighted by Crippen LogP contribution is -2.50. The highest BCUT2D eigenvalue weighted by Gasteiger charge is 2.39. The summed E-state index contributed by atoms with van der Waals surface area (Å²) < 4.78 is 31.1. The molecule has 1 aromatic carbocycles. The second kappa shape index (κ2) is 5.23. The lowest BCUT2D eigenvalue weighted by Gasteiger charge is -2.35. The van der Waals surface area contributed by atoms with Crippen molar-refractivity contribution in [2.24, 2.45) is 0 Å². The summed E-state index contributed by atoms with van der Waals surface area (Å²) in [6.07, 6.45) is 2.39. The third kappa shape index (κ3) is 3.16. The highest BCUT2D eigenvalue weighted by atomic mass is 32.2. The summed E-state index contributed by atoms with van der Waals surface area (Å²) >= 11 is 0. The van der Waals surface area contributed by atoms with Crippen LogP contribution in [0.4, 0.5) is 5.69 Å². The average molecular weight is 284 g/mol. The molecule has 0 spiro atoms. The molecule has 0 bridgehead atoms. The van der Waals surface area contributed by atoms with Gasteiger partial charge in [0, 0.05) is 12.0 Å². The Kier molecular flexibility index (Phi) is 3.99. The summed E-state index contributed by atoms with van der Waals surface area (Å²) in [4.78, 5) is 0. The van der Waals surface area contributed by atoms with E-state index in [2.05, 4.69) is 38.2 Å². The summed E-state index contributed by atoms with van der Waals surface area (Å²) in [6, 6.07) is 8.99. The fourth-order valence-corrected chi connectivity index (χ4v) is 3.57. The van der Waals surface area contributed by atoms with Gasteiger partial charge in [0.1, 0.15) is 5.69 Å². The first-order valence-corrected chi connectivity index (χ1v) is 8.33. The van der Waals surface area contributed by atoms with E-state index in [0.29, 0.717) is 12.5 Å².